The maximum atomic E-state index is 13.4. The summed E-state index contributed by atoms with van der Waals surface area (Å²) in [6.07, 6.45) is -4.83. The third-order valence-electron chi connectivity index (χ3n) is 2.96. The van der Waals surface area contributed by atoms with Gasteiger partial charge in [0.1, 0.15) is 17.4 Å². The molecule has 5 nitrogen and oxygen atoms in total. The number of hydrogen-bond acceptors (Lipinski definition) is 3. The number of amides is 2. The molecule has 0 spiro atoms. The molecule has 0 saturated heterocycles. The first kappa shape index (κ1) is 19.2. The summed E-state index contributed by atoms with van der Waals surface area (Å²) in [4.78, 5) is 23.4. The molecule has 0 atom stereocenters. The van der Waals surface area contributed by atoms with Crippen LogP contribution in [-0.2, 0) is 4.79 Å². The van der Waals surface area contributed by atoms with Gasteiger partial charge >= 0.3 is 6.36 Å². The van der Waals surface area contributed by atoms with Crippen LogP contribution in [-0.4, -0.2) is 24.7 Å². The zero-order valence-corrected chi connectivity index (χ0v) is 12.9. The number of ether oxygens (including phenoxy) is 1. The number of carbonyl (C=O) groups excluding carboxylic acids is 2. The molecule has 2 aromatic rings. The number of anilines is 1. The Morgan fingerprint density at radius 1 is 1.00 bits per heavy atom. The van der Waals surface area contributed by atoms with Crippen LogP contribution in [0.4, 0.5) is 27.6 Å². The number of rotatable bonds is 5. The average molecular weight is 374 g/mol. The quantitative estimate of drug-likeness (QED) is 0.790. The van der Waals surface area contributed by atoms with Crippen LogP contribution in [0.2, 0.25) is 0 Å². The largest absolute Gasteiger partial charge is 0.573 e. The van der Waals surface area contributed by atoms with E-state index in [0.717, 1.165) is 24.3 Å². The predicted octanol–water partition coefficient (Wildman–Crippen LogP) is 3.23. The van der Waals surface area contributed by atoms with Crippen LogP contribution >= 0.6 is 0 Å². The van der Waals surface area contributed by atoms with E-state index in [1.165, 1.54) is 12.1 Å². The summed E-state index contributed by atoms with van der Waals surface area (Å²) in [5.74, 6) is -4.02. The molecule has 0 saturated carbocycles. The number of carbonyl (C=O) groups is 2. The first-order chi connectivity index (χ1) is 12.1. The third kappa shape index (κ3) is 5.72. The highest BCUT2D eigenvalue weighted by atomic mass is 19.4. The highest BCUT2D eigenvalue weighted by molar-refractivity contribution is 5.99. The van der Waals surface area contributed by atoms with E-state index in [9.17, 15) is 31.5 Å². The highest BCUT2D eigenvalue weighted by Gasteiger charge is 2.30. The molecule has 2 aromatic carbocycles. The average Bonchev–Trinajstić information content (AvgIpc) is 2.53. The summed E-state index contributed by atoms with van der Waals surface area (Å²) in [5, 5.41) is 4.45. The predicted molar refractivity (Wildman–Crippen MR) is 80.4 cm³/mol. The molecule has 0 aliphatic heterocycles. The molecule has 0 radical (unpaired) electrons. The minimum absolute atomic E-state index is 0.159. The normalized spacial score (nSPS) is 11.0. The van der Waals surface area contributed by atoms with Gasteiger partial charge in [-0.15, -0.1) is 13.2 Å². The zero-order chi connectivity index (χ0) is 19.3. The number of hydrogen-bond donors (Lipinski definition) is 2. The first-order valence-corrected chi connectivity index (χ1v) is 7.03. The van der Waals surface area contributed by atoms with Gasteiger partial charge in [-0.25, -0.2) is 8.78 Å². The van der Waals surface area contributed by atoms with E-state index in [1.54, 1.807) is 0 Å². The van der Waals surface area contributed by atoms with Crippen molar-refractivity contribution in [3.8, 4) is 5.75 Å². The number of halogens is 5. The molecule has 0 unspecified atom stereocenters. The molecular weight excluding hydrogens is 363 g/mol. The van der Waals surface area contributed by atoms with Crippen molar-refractivity contribution in [2.75, 3.05) is 11.9 Å². The lowest BCUT2D eigenvalue weighted by Gasteiger charge is -2.10. The van der Waals surface area contributed by atoms with Crippen molar-refractivity contribution in [1.82, 2.24) is 5.32 Å². The molecule has 0 fully saturated rings. The van der Waals surface area contributed by atoms with Crippen LogP contribution < -0.4 is 15.4 Å². The minimum Gasteiger partial charge on any atom is -0.406 e. The van der Waals surface area contributed by atoms with E-state index in [1.807, 2.05) is 0 Å². The van der Waals surface area contributed by atoms with E-state index in [-0.39, 0.29) is 5.69 Å². The van der Waals surface area contributed by atoms with Gasteiger partial charge < -0.3 is 15.4 Å². The molecule has 2 amide bonds. The Morgan fingerprint density at radius 2 is 1.65 bits per heavy atom. The van der Waals surface area contributed by atoms with Crippen LogP contribution in [0.3, 0.4) is 0 Å². The van der Waals surface area contributed by atoms with Gasteiger partial charge in [0.2, 0.25) is 5.91 Å². The smallest absolute Gasteiger partial charge is 0.406 e. The van der Waals surface area contributed by atoms with Crippen LogP contribution in [0.25, 0.3) is 0 Å². The topological polar surface area (TPSA) is 67.4 Å². The second kappa shape index (κ2) is 7.81. The van der Waals surface area contributed by atoms with Gasteiger partial charge in [0, 0.05) is 11.8 Å². The maximum Gasteiger partial charge on any atom is 0.573 e. The molecular formula is C16H11F5N2O3. The fraction of sp³-hybridized carbons (Fsp3) is 0.125. The van der Waals surface area contributed by atoms with Gasteiger partial charge in [-0.2, -0.15) is 0 Å². The Bertz CT molecular complexity index is 807. The van der Waals surface area contributed by atoms with Gasteiger partial charge in [-0.1, -0.05) is 0 Å². The summed E-state index contributed by atoms with van der Waals surface area (Å²) < 4.78 is 66.0. The monoisotopic (exact) mass is 374 g/mol. The van der Waals surface area contributed by atoms with Gasteiger partial charge in [-0.3, -0.25) is 9.59 Å². The van der Waals surface area contributed by atoms with Crippen molar-refractivity contribution in [2.24, 2.45) is 0 Å². The Labute approximate surface area is 143 Å². The van der Waals surface area contributed by atoms with Crippen molar-refractivity contribution in [3.05, 3.63) is 59.7 Å². The van der Waals surface area contributed by atoms with Gasteiger partial charge in [0.15, 0.2) is 0 Å². The van der Waals surface area contributed by atoms with Gasteiger partial charge in [0.25, 0.3) is 5.91 Å². The summed E-state index contributed by atoms with van der Waals surface area (Å²) in [5.41, 5.74) is -0.278. The fourth-order valence-electron chi connectivity index (χ4n) is 1.87. The molecule has 0 heterocycles. The van der Waals surface area contributed by atoms with E-state index < -0.39 is 47.7 Å². The second-order valence-electron chi connectivity index (χ2n) is 4.93. The van der Waals surface area contributed by atoms with Crippen molar-refractivity contribution >= 4 is 17.5 Å². The minimum atomic E-state index is -4.83. The molecule has 2 rings (SSSR count). The van der Waals surface area contributed by atoms with Gasteiger partial charge in [-0.05, 0) is 36.4 Å². The van der Waals surface area contributed by atoms with Gasteiger partial charge in [0.05, 0.1) is 12.1 Å². The number of benzene rings is 2. The lowest BCUT2D eigenvalue weighted by atomic mass is 10.2. The molecule has 0 aliphatic carbocycles. The highest BCUT2D eigenvalue weighted by Crippen LogP contribution is 2.23. The first-order valence-electron chi connectivity index (χ1n) is 7.03. The van der Waals surface area contributed by atoms with Crippen LogP contribution in [0.1, 0.15) is 10.4 Å². The second-order valence-corrected chi connectivity index (χ2v) is 4.93. The summed E-state index contributed by atoms with van der Waals surface area (Å²) in [6, 6.07) is 6.67. The lowest BCUT2D eigenvalue weighted by molar-refractivity contribution is -0.274. The summed E-state index contributed by atoms with van der Waals surface area (Å²) >= 11 is 0. The Hall–Kier alpha value is -3.17. The third-order valence-corrected chi connectivity index (χ3v) is 2.96. The van der Waals surface area contributed by atoms with E-state index >= 15 is 0 Å². The summed E-state index contributed by atoms with van der Waals surface area (Å²) in [7, 11) is 0. The van der Waals surface area contributed by atoms with Crippen molar-refractivity contribution in [3.63, 3.8) is 0 Å². The van der Waals surface area contributed by atoms with Crippen molar-refractivity contribution in [2.45, 2.75) is 6.36 Å². The molecule has 0 aliphatic rings. The van der Waals surface area contributed by atoms with Crippen molar-refractivity contribution in [1.29, 1.82) is 0 Å². The van der Waals surface area contributed by atoms with E-state index in [0.29, 0.717) is 6.07 Å². The molecule has 26 heavy (non-hydrogen) atoms. The van der Waals surface area contributed by atoms with Crippen molar-refractivity contribution < 1.29 is 36.3 Å². The van der Waals surface area contributed by atoms with Crippen LogP contribution in [0.5, 0.6) is 5.75 Å². The molecule has 0 aromatic heterocycles. The number of alkyl halides is 3. The SMILES string of the molecule is O=C(CNC(=O)c1ccc(F)cc1F)Nc1ccc(OC(F)(F)F)cc1. The Kier molecular flexibility index (Phi) is 5.75. The standard InChI is InChI=1S/C16H11F5N2O3/c17-9-1-6-12(13(18)7-9)15(25)22-8-14(24)23-10-2-4-11(5-3-10)26-16(19,20)21/h1-7H,8H2,(H,22,25)(H,23,24). The number of nitrogens with one attached hydrogen (secondary N) is 2. The van der Waals surface area contributed by atoms with E-state index in [4.69, 9.17) is 0 Å². The maximum absolute atomic E-state index is 13.4. The summed E-state index contributed by atoms with van der Waals surface area (Å²) in [6.45, 7) is -0.531. The fourth-order valence-corrected chi connectivity index (χ4v) is 1.87. The zero-order valence-electron chi connectivity index (χ0n) is 12.9. The molecule has 138 valence electrons. The molecule has 10 heteroatoms. The Balaban J connectivity index is 1.87. The van der Waals surface area contributed by atoms with E-state index in [2.05, 4.69) is 15.4 Å². The van der Waals surface area contributed by atoms with Crippen LogP contribution in [0, 0.1) is 11.6 Å². The Morgan fingerprint density at radius 3 is 2.23 bits per heavy atom. The van der Waals surface area contributed by atoms with Crippen LogP contribution in [0.15, 0.2) is 42.5 Å². The molecule has 2 N–H and O–H groups in total. The molecule has 0 bridgehead atoms. The lowest BCUT2D eigenvalue weighted by Crippen LogP contribution is -2.33.